The monoisotopic (exact) mass is 354 g/mol. The standard InChI is InChI=1S/C20H22N2O4/c1-25-17-8-7-16(11-18(17)26-2)21-19(23)12-20(24)22-10-9-14-5-3-4-6-15(14)13-22/h3-8,11H,9-10,12-13H2,1-2H3,(H,21,23). The van der Waals surface area contributed by atoms with Gasteiger partial charge in [0.15, 0.2) is 11.5 Å². The highest BCUT2D eigenvalue weighted by Crippen LogP contribution is 2.29. The number of benzene rings is 2. The molecule has 0 bridgehead atoms. The number of hydrogen-bond donors (Lipinski definition) is 1. The molecule has 1 heterocycles. The number of methoxy groups -OCH3 is 2. The summed E-state index contributed by atoms with van der Waals surface area (Å²) in [6.07, 6.45) is 0.635. The highest BCUT2D eigenvalue weighted by atomic mass is 16.5. The number of hydrogen-bond acceptors (Lipinski definition) is 4. The van der Waals surface area contributed by atoms with Crippen molar-refractivity contribution in [1.29, 1.82) is 0 Å². The second-order valence-electron chi connectivity index (χ2n) is 6.13. The molecule has 0 aromatic heterocycles. The van der Waals surface area contributed by atoms with Gasteiger partial charge in [0.25, 0.3) is 0 Å². The fourth-order valence-corrected chi connectivity index (χ4v) is 3.08. The highest BCUT2D eigenvalue weighted by Gasteiger charge is 2.22. The molecule has 0 atom stereocenters. The van der Waals surface area contributed by atoms with Gasteiger partial charge in [-0.15, -0.1) is 0 Å². The van der Waals surface area contributed by atoms with Crippen molar-refractivity contribution in [2.45, 2.75) is 19.4 Å². The summed E-state index contributed by atoms with van der Waals surface area (Å²) in [6, 6.07) is 13.2. The number of nitrogens with zero attached hydrogens (tertiary/aromatic N) is 1. The zero-order valence-electron chi connectivity index (χ0n) is 15.0. The van der Waals surface area contributed by atoms with Gasteiger partial charge in [0.05, 0.1) is 14.2 Å². The summed E-state index contributed by atoms with van der Waals surface area (Å²) >= 11 is 0. The molecule has 0 saturated heterocycles. The van der Waals surface area contributed by atoms with E-state index in [0.717, 1.165) is 12.0 Å². The number of ether oxygens (including phenoxy) is 2. The average Bonchev–Trinajstić information content (AvgIpc) is 2.67. The van der Waals surface area contributed by atoms with Crippen LogP contribution in [0.15, 0.2) is 42.5 Å². The first-order valence-electron chi connectivity index (χ1n) is 8.47. The minimum absolute atomic E-state index is 0.169. The first-order valence-corrected chi connectivity index (χ1v) is 8.47. The van der Waals surface area contributed by atoms with Gasteiger partial charge in [-0.3, -0.25) is 9.59 Å². The van der Waals surface area contributed by atoms with Gasteiger partial charge in [0, 0.05) is 24.8 Å². The Morgan fingerprint density at radius 2 is 1.77 bits per heavy atom. The molecule has 0 radical (unpaired) electrons. The Hall–Kier alpha value is -3.02. The fourth-order valence-electron chi connectivity index (χ4n) is 3.08. The van der Waals surface area contributed by atoms with Crippen LogP contribution in [0.3, 0.4) is 0 Å². The maximum absolute atomic E-state index is 12.5. The van der Waals surface area contributed by atoms with Gasteiger partial charge in [0.1, 0.15) is 6.42 Å². The van der Waals surface area contributed by atoms with E-state index in [1.807, 2.05) is 18.2 Å². The van der Waals surface area contributed by atoms with Crippen molar-refractivity contribution in [1.82, 2.24) is 4.90 Å². The lowest BCUT2D eigenvalue weighted by atomic mass is 10.00. The van der Waals surface area contributed by atoms with Crippen LogP contribution in [0.1, 0.15) is 17.5 Å². The first-order chi connectivity index (χ1) is 12.6. The lowest BCUT2D eigenvalue weighted by Crippen LogP contribution is -2.37. The van der Waals surface area contributed by atoms with E-state index in [1.165, 1.54) is 12.7 Å². The molecule has 26 heavy (non-hydrogen) atoms. The van der Waals surface area contributed by atoms with Crippen molar-refractivity contribution in [2.24, 2.45) is 0 Å². The van der Waals surface area contributed by atoms with Gasteiger partial charge in [-0.25, -0.2) is 0 Å². The van der Waals surface area contributed by atoms with Gasteiger partial charge in [-0.05, 0) is 29.7 Å². The summed E-state index contributed by atoms with van der Waals surface area (Å²) < 4.78 is 10.4. The molecule has 0 unspecified atom stereocenters. The molecular weight excluding hydrogens is 332 g/mol. The molecule has 0 aliphatic carbocycles. The Morgan fingerprint density at radius 1 is 1.04 bits per heavy atom. The summed E-state index contributed by atoms with van der Waals surface area (Å²) in [4.78, 5) is 26.4. The Labute approximate surface area is 152 Å². The number of carbonyl (C=O) groups is 2. The quantitative estimate of drug-likeness (QED) is 0.838. The fraction of sp³-hybridized carbons (Fsp3) is 0.300. The van der Waals surface area contributed by atoms with E-state index in [0.29, 0.717) is 30.3 Å². The van der Waals surface area contributed by atoms with E-state index in [1.54, 1.807) is 30.2 Å². The maximum Gasteiger partial charge on any atom is 0.233 e. The normalized spacial score (nSPS) is 12.9. The van der Waals surface area contributed by atoms with Crippen molar-refractivity contribution < 1.29 is 19.1 Å². The van der Waals surface area contributed by atoms with Crippen molar-refractivity contribution in [3.05, 3.63) is 53.6 Å². The predicted molar refractivity (Wildman–Crippen MR) is 98.4 cm³/mol. The smallest absolute Gasteiger partial charge is 0.233 e. The van der Waals surface area contributed by atoms with Crippen LogP contribution in [-0.4, -0.2) is 37.5 Å². The zero-order chi connectivity index (χ0) is 18.5. The van der Waals surface area contributed by atoms with Gasteiger partial charge in [0.2, 0.25) is 11.8 Å². The zero-order valence-corrected chi connectivity index (χ0v) is 15.0. The number of carbonyl (C=O) groups excluding carboxylic acids is 2. The Bertz CT molecular complexity index is 819. The van der Waals surface area contributed by atoms with E-state index in [9.17, 15) is 9.59 Å². The number of rotatable bonds is 5. The maximum atomic E-state index is 12.5. The largest absolute Gasteiger partial charge is 0.493 e. The van der Waals surface area contributed by atoms with Crippen LogP contribution in [0.5, 0.6) is 11.5 Å². The molecule has 1 aliphatic heterocycles. The molecule has 6 heteroatoms. The topological polar surface area (TPSA) is 67.9 Å². The highest BCUT2D eigenvalue weighted by molar-refractivity contribution is 6.03. The second-order valence-corrected chi connectivity index (χ2v) is 6.13. The summed E-state index contributed by atoms with van der Waals surface area (Å²) in [5.74, 6) is 0.580. The minimum Gasteiger partial charge on any atom is -0.493 e. The molecule has 1 N–H and O–H groups in total. The third-order valence-electron chi connectivity index (χ3n) is 4.46. The third kappa shape index (κ3) is 3.96. The van der Waals surface area contributed by atoms with Crippen LogP contribution >= 0.6 is 0 Å². The van der Waals surface area contributed by atoms with E-state index in [2.05, 4.69) is 11.4 Å². The molecule has 0 saturated carbocycles. The first kappa shape index (κ1) is 17.8. The summed E-state index contributed by atoms with van der Waals surface area (Å²) in [6.45, 7) is 1.19. The van der Waals surface area contributed by atoms with Crippen molar-refractivity contribution in [3.63, 3.8) is 0 Å². The van der Waals surface area contributed by atoms with Gasteiger partial charge < -0.3 is 19.7 Å². The Kier molecular flexibility index (Phi) is 5.41. The van der Waals surface area contributed by atoms with Gasteiger partial charge in [-0.2, -0.15) is 0 Å². The number of fused-ring (bicyclic) bond motifs is 1. The molecule has 2 amide bonds. The molecule has 6 nitrogen and oxygen atoms in total. The average molecular weight is 354 g/mol. The molecule has 0 spiro atoms. The number of amides is 2. The lowest BCUT2D eigenvalue weighted by molar-refractivity contribution is -0.135. The number of nitrogens with one attached hydrogen (secondary N) is 1. The summed E-state index contributed by atoms with van der Waals surface area (Å²) in [5.41, 5.74) is 2.98. The minimum atomic E-state index is -0.346. The molecule has 2 aromatic rings. The molecule has 0 fully saturated rings. The Morgan fingerprint density at radius 3 is 2.50 bits per heavy atom. The van der Waals surface area contributed by atoms with Crippen LogP contribution < -0.4 is 14.8 Å². The molecule has 2 aromatic carbocycles. The van der Waals surface area contributed by atoms with Crippen molar-refractivity contribution in [2.75, 3.05) is 26.1 Å². The van der Waals surface area contributed by atoms with Crippen molar-refractivity contribution in [3.8, 4) is 11.5 Å². The van der Waals surface area contributed by atoms with Crippen LogP contribution in [0.2, 0.25) is 0 Å². The predicted octanol–water partition coefficient (Wildman–Crippen LogP) is 2.62. The van der Waals surface area contributed by atoms with Crippen LogP contribution in [0, 0.1) is 0 Å². The van der Waals surface area contributed by atoms with Crippen molar-refractivity contribution >= 4 is 17.5 Å². The summed E-state index contributed by atoms with van der Waals surface area (Å²) in [5, 5.41) is 2.74. The van der Waals surface area contributed by atoms with Crippen LogP contribution in [-0.2, 0) is 22.6 Å². The Balaban J connectivity index is 1.59. The van der Waals surface area contributed by atoms with E-state index < -0.39 is 0 Å². The number of anilines is 1. The third-order valence-corrected chi connectivity index (χ3v) is 4.46. The van der Waals surface area contributed by atoms with Crippen LogP contribution in [0.25, 0.3) is 0 Å². The van der Waals surface area contributed by atoms with Crippen LogP contribution in [0.4, 0.5) is 5.69 Å². The molecule has 1 aliphatic rings. The van der Waals surface area contributed by atoms with E-state index in [4.69, 9.17) is 9.47 Å². The molecular formula is C20H22N2O4. The summed E-state index contributed by atoms with van der Waals surface area (Å²) in [7, 11) is 3.08. The molecule has 3 rings (SSSR count). The SMILES string of the molecule is COc1ccc(NC(=O)CC(=O)N2CCc3ccccc3C2)cc1OC. The van der Waals surface area contributed by atoms with Gasteiger partial charge >= 0.3 is 0 Å². The second kappa shape index (κ2) is 7.91. The van der Waals surface area contributed by atoms with Gasteiger partial charge in [-0.1, -0.05) is 24.3 Å². The van der Waals surface area contributed by atoms with E-state index >= 15 is 0 Å². The van der Waals surface area contributed by atoms with E-state index in [-0.39, 0.29) is 18.2 Å². The molecule has 136 valence electrons. The lowest BCUT2D eigenvalue weighted by Gasteiger charge is -2.28.